The first kappa shape index (κ1) is 10.3. The third-order valence-corrected chi connectivity index (χ3v) is 2.23. The second-order valence-corrected chi connectivity index (χ2v) is 2.98. The van der Waals surface area contributed by atoms with Gasteiger partial charge in [0.05, 0.1) is 10.7 Å². The Morgan fingerprint density at radius 2 is 2.23 bits per heavy atom. The predicted octanol–water partition coefficient (Wildman–Crippen LogP) is 2.44. The fraction of sp³-hybridized carbons (Fsp3) is 0.375. The molecule has 1 heterocycles. The van der Waals surface area contributed by atoms with Crippen LogP contribution >= 0.6 is 11.6 Å². The highest BCUT2D eigenvalue weighted by atomic mass is 35.5. The largest absolute Gasteiger partial charge is 0.326 e. The van der Waals surface area contributed by atoms with E-state index >= 15 is 0 Å². The van der Waals surface area contributed by atoms with Crippen LogP contribution in [0.4, 0.5) is 8.78 Å². The van der Waals surface area contributed by atoms with Gasteiger partial charge in [-0.05, 0) is 12.5 Å². The van der Waals surface area contributed by atoms with E-state index < -0.39 is 6.43 Å². The molecule has 0 spiro atoms. The van der Waals surface area contributed by atoms with Crippen LogP contribution in [0.15, 0.2) is 6.20 Å². The van der Waals surface area contributed by atoms with Crippen molar-refractivity contribution >= 4 is 11.6 Å². The van der Waals surface area contributed by atoms with Crippen LogP contribution in [-0.4, -0.2) is 4.98 Å². The van der Waals surface area contributed by atoms with E-state index in [1.807, 2.05) is 0 Å². The molecule has 0 aromatic carbocycles. The summed E-state index contributed by atoms with van der Waals surface area (Å²) in [5, 5.41) is 0.0120. The highest BCUT2D eigenvalue weighted by molar-refractivity contribution is 6.32. The van der Waals surface area contributed by atoms with E-state index in [-0.39, 0.29) is 17.1 Å². The quantitative estimate of drug-likeness (QED) is 0.807. The SMILES string of the molecule is Cc1ncc(CN)c(C(F)F)c1Cl. The van der Waals surface area contributed by atoms with E-state index in [0.29, 0.717) is 11.3 Å². The molecule has 0 aliphatic carbocycles. The van der Waals surface area contributed by atoms with Gasteiger partial charge in [-0.2, -0.15) is 0 Å². The van der Waals surface area contributed by atoms with Crippen molar-refractivity contribution in [3.05, 3.63) is 28.0 Å². The second-order valence-electron chi connectivity index (χ2n) is 2.60. The number of rotatable bonds is 2. The Balaban J connectivity index is 3.32. The molecule has 0 fully saturated rings. The molecule has 0 saturated carbocycles. The van der Waals surface area contributed by atoms with Crippen molar-refractivity contribution in [2.45, 2.75) is 19.9 Å². The lowest BCUT2D eigenvalue weighted by molar-refractivity contribution is 0.150. The molecule has 0 atom stereocenters. The van der Waals surface area contributed by atoms with Crippen molar-refractivity contribution in [1.29, 1.82) is 0 Å². The second kappa shape index (κ2) is 3.98. The minimum absolute atomic E-state index is 0.0120. The Kier molecular flexibility index (Phi) is 3.17. The van der Waals surface area contributed by atoms with Gasteiger partial charge in [0.1, 0.15) is 0 Å². The molecular formula is C8H9ClF2N2. The topological polar surface area (TPSA) is 38.9 Å². The molecule has 0 unspecified atom stereocenters. The number of hydrogen-bond donors (Lipinski definition) is 1. The van der Waals surface area contributed by atoms with Gasteiger partial charge in [0, 0.05) is 18.3 Å². The average Bonchev–Trinajstić information content (AvgIpc) is 2.08. The van der Waals surface area contributed by atoms with Gasteiger partial charge < -0.3 is 5.73 Å². The normalized spacial score (nSPS) is 10.9. The van der Waals surface area contributed by atoms with E-state index in [9.17, 15) is 8.78 Å². The lowest BCUT2D eigenvalue weighted by Crippen LogP contribution is -2.05. The minimum atomic E-state index is -2.60. The monoisotopic (exact) mass is 206 g/mol. The van der Waals surface area contributed by atoms with Gasteiger partial charge in [-0.15, -0.1) is 0 Å². The number of alkyl halides is 2. The predicted molar refractivity (Wildman–Crippen MR) is 46.8 cm³/mol. The van der Waals surface area contributed by atoms with Crippen LogP contribution in [0.3, 0.4) is 0 Å². The first-order chi connectivity index (χ1) is 6.07. The molecule has 2 N–H and O–H groups in total. The first-order valence-corrected chi connectivity index (χ1v) is 4.07. The van der Waals surface area contributed by atoms with Crippen molar-refractivity contribution < 1.29 is 8.78 Å². The Morgan fingerprint density at radius 3 is 2.69 bits per heavy atom. The van der Waals surface area contributed by atoms with Crippen LogP contribution in [-0.2, 0) is 6.54 Å². The summed E-state index contributed by atoms with van der Waals surface area (Å²) in [6.07, 6.45) is -1.27. The van der Waals surface area contributed by atoms with Crippen molar-refractivity contribution in [2.24, 2.45) is 5.73 Å². The lowest BCUT2D eigenvalue weighted by atomic mass is 10.1. The average molecular weight is 207 g/mol. The van der Waals surface area contributed by atoms with Gasteiger partial charge in [-0.25, -0.2) is 8.78 Å². The zero-order valence-electron chi connectivity index (χ0n) is 7.02. The summed E-state index contributed by atoms with van der Waals surface area (Å²) in [6.45, 7) is 1.60. The van der Waals surface area contributed by atoms with E-state index in [2.05, 4.69) is 4.98 Å². The minimum Gasteiger partial charge on any atom is -0.326 e. The summed E-state index contributed by atoms with van der Waals surface area (Å²) < 4.78 is 25.0. The molecule has 72 valence electrons. The van der Waals surface area contributed by atoms with Crippen molar-refractivity contribution in [3.8, 4) is 0 Å². The standard InChI is InChI=1S/C8H9ClF2N2/c1-4-7(9)6(8(10)11)5(2-12)3-13-4/h3,8H,2,12H2,1H3. The Hall–Kier alpha value is -0.740. The Morgan fingerprint density at radius 1 is 1.62 bits per heavy atom. The number of nitrogens with zero attached hydrogens (tertiary/aromatic N) is 1. The third-order valence-electron chi connectivity index (χ3n) is 1.75. The Labute approximate surface area is 79.7 Å². The van der Waals surface area contributed by atoms with E-state index in [1.165, 1.54) is 6.20 Å². The molecule has 0 saturated heterocycles. The summed E-state index contributed by atoms with van der Waals surface area (Å²) >= 11 is 5.67. The molecule has 5 heteroatoms. The van der Waals surface area contributed by atoms with Crippen molar-refractivity contribution in [2.75, 3.05) is 0 Å². The van der Waals surface area contributed by atoms with Gasteiger partial charge >= 0.3 is 0 Å². The zero-order valence-corrected chi connectivity index (χ0v) is 7.78. The maximum atomic E-state index is 12.5. The fourth-order valence-electron chi connectivity index (χ4n) is 1.04. The summed E-state index contributed by atoms with van der Waals surface area (Å²) in [5.74, 6) is 0. The molecule has 1 aromatic heterocycles. The number of aryl methyl sites for hydroxylation is 1. The molecule has 1 aromatic rings. The van der Waals surface area contributed by atoms with Crippen LogP contribution in [0, 0.1) is 6.92 Å². The summed E-state index contributed by atoms with van der Waals surface area (Å²) in [7, 11) is 0. The Bertz CT molecular complexity index is 315. The number of pyridine rings is 1. The van der Waals surface area contributed by atoms with E-state index in [4.69, 9.17) is 17.3 Å². The van der Waals surface area contributed by atoms with Gasteiger partial charge in [0.2, 0.25) is 0 Å². The van der Waals surface area contributed by atoms with Crippen LogP contribution in [0.1, 0.15) is 23.2 Å². The smallest absolute Gasteiger partial charge is 0.265 e. The molecule has 0 amide bonds. The summed E-state index contributed by atoms with van der Waals surface area (Å²) in [6, 6.07) is 0. The van der Waals surface area contributed by atoms with Crippen LogP contribution in [0.5, 0.6) is 0 Å². The maximum Gasteiger partial charge on any atom is 0.265 e. The highest BCUT2D eigenvalue weighted by Gasteiger charge is 2.18. The fourth-order valence-corrected chi connectivity index (χ4v) is 1.29. The van der Waals surface area contributed by atoms with Crippen LogP contribution in [0.25, 0.3) is 0 Å². The summed E-state index contributed by atoms with van der Waals surface area (Å²) in [5.41, 5.74) is 5.77. The van der Waals surface area contributed by atoms with E-state index in [1.54, 1.807) is 6.92 Å². The number of nitrogens with two attached hydrogens (primary N) is 1. The molecule has 13 heavy (non-hydrogen) atoms. The van der Waals surface area contributed by atoms with E-state index in [0.717, 1.165) is 0 Å². The first-order valence-electron chi connectivity index (χ1n) is 3.70. The molecule has 0 radical (unpaired) electrons. The molecule has 2 nitrogen and oxygen atoms in total. The van der Waals surface area contributed by atoms with Gasteiger partial charge in [0.25, 0.3) is 6.43 Å². The molecular weight excluding hydrogens is 198 g/mol. The van der Waals surface area contributed by atoms with Crippen molar-refractivity contribution in [3.63, 3.8) is 0 Å². The van der Waals surface area contributed by atoms with Gasteiger partial charge in [-0.1, -0.05) is 11.6 Å². The van der Waals surface area contributed by atoms with Crippen LogP contribution < -0.4 is 5.73 Å². The molecule has 0 bridgehead atoms. The van der Waals surface area contributed by atoms with Crippen molar-refractivity contribution in [1.82, 2.24) is 4.98 Å². The number of hydrogen-bond acceptors (Lipinski definition) is 2. The molecule has 0 aliphatic rings. The summed E-state index contributed by atoms with van der Waals surface area (Å²) in [4.78, 5) is 3.85. The lowest BCUT2D eigenvalue weighted by Gasteiger charge is -2.09. The third kappa shape index (κ3) is 1.95. The number of aromatic nitrogens is 1. The highest BCUT2D eigenvalue weighted by Crippen LogP contribution is 2.31. The van der Waals surface area contributed by atoms with Gasteiger partial charge in [-0.3, -0.25) is 4.98 Å². The van der Waals surface area contributed by atoms with Gasteiger partial charge in [0.15, 0.2) is 0 Å². The maximum absolute atomic E-state index is 12.5. The molecule has 1 rings (SSSR count). The molecule has 0 aliphatic heterocycles. The van der Waals surface area contributed by atoms with Crippen LogP contribution in [0.2, 0.25) is 5.02 Å². The zero-order chi connectivity index (χ0) is 10.0. The number of halogens is 3.